The first kappa shape index (κ1) is 45.8. The molecule has 2 aliphatic rings. The van der Waals surface area contributed by atoms with Gasteiger partial charge in [0.1, 0.15) is 30.1 Å². The number of likely N-dealkylation sites (tertiary alicyclic amines) is 1. The minimum Gasteiger partial charge on any atom is -0.494 e. The summed E-state index contributed by atoms with van der Waals surface area (Å²) in [6.45, 7) is 11.9. The van der Waals surface area contributed by atoms with E-state index in [4.69, 9.17) is 9.47 Å². The van der Waals surface area contributed by atoms with Crippen molar-refractivity contribution in [2.75, 3.05) is 37.0 Å². The number of ether oxygens (including phenoxy) is 2. The summed E-state index contributed by atoms with van der Waals surface area (Å²) >= 11 is 1.57. The van der Waals surface area contributed by atoms with Crippen molar-refractivity contribution in [3.05, 3.63) is 95.4 Å². The SMILES string of the molecule is COc1cc(N2CC[C@H](OCC(=O)N[C@H](C(=O)N3C[C@H](O)C[C@H]3C(=O)N[C@@H](C)c3ccc(-c4scnc4C)cc3)C(C)(C)C)C[C@H]2C)ccc1NC(=O)c1cccc(-c2ccn[nH]2)n1. The third kappa shape index (κ3) is 10.6. The Morgan fingerprint density at radius 2 is 1.81 bits per heavy atom. The average molecular weight is 892 g/mol. The molecule has 6 atom stereocenters. The number of nitrogens with zero attached hydrogens (tertiary/aromatic N) is 5. The molecule has 3 aromatic heterocycles. The number of β-amino-alcohol motifs (C(OH)–C–C–N with tert-alkyl or cyclic N) is 1. The highest BCUT2D eigenvalue weighted by molar-refractivity contribution is 7.13. The third-order valence-electron chi connectivity index (χ3n) is 11.9. The second-order valence-corrected chi connectivity index (χ2v) is 18.5. The first-order valence-corrected chi connectivity index (χ1v) is 22.4. The minimum absolute atomic E-state index is 0.0218. The highest BCUT2D eigenvalue weighted by atomic mass is 32.1. The number of rotatable bonds is 14. The van der Waals surface area contributed by atoms with Gasteiger partial charge in [0, 0.05) is 43.5 Å². The lowest BCUT2D eigenvalue weighted by molar-refractivity contribution is -0.145. The van der Waals surface area contributed by atoms with E-state index in [0.717, 1.165) is 27.4 Å². The van der Waals surface area contributed by atoms with Crippen LogP contribution in [0.1, 0.15) is 81.7 Å². The number of carbonyl (C=O) groups is 4. The van der Waals surface area contributed by atoms with Gasteiger partial charge in [-0.15, -0.1) is 11.3 Å². The maximum Gasteiger partial charge on any atom is 0.274 e. The number of thiazole rings is 1. The van der Waals surface area contributed by atoms with E-state index in [2.05, 4.69) is 47.9 Å². The topological polar surface area (TPSA) is 204 Å². The summed E-state index contributed by atoms with van der Waals surface area (Å²) in [6.07, 6.45) is 1.91. The quantitative estimate of drug-likeness (QED) is 0.0887. The molecule has 7 rings (SSSR count). The van der Waals surface area contributed by atoms with Crippen LogP contribution in [-0.4, -0.2) is 111 Å². The lowest BCUT2D eigenvalue weighted by atomic mass is 9.85. The summed E-state index contributed by atoms with van der Waals surface area (Å²) in [5.74, 6) is -1.14. The van der Waals surface area contributed by atoms with Crippen LogP contribution in [0.25, 0.3) is 21.8 Å². The largest absolute Gasteiger partial charge is 0.494 e. The third-order valence-corrected chi connectivity index (χ3v) is 12.8. The molecule has 17 heteroatoms. The van der Waals surface area contributed by atoms with Crippen molar-refractivity contribution in [2.45, 2.75) is 97.2 Å². The number of amides is 4. The summed E-state index contributed by atoms with van der Waals surface area (Å²) in [5, 5.41) is 26.4. The Labute approximate surface area is 377 Å². The van der Waals surface area contributed by atoms with Crippen molar-refractivity contribution in [2.24, 2.45) is 5.41 Å². The molecule has 16 nitrogen and oxygen atoms in total. The van der Waals surface area contributed by atoms with Gasteiger partial charge in [-0.2, -0.15) is 5.10 Å². The van der Waals surface area contributed by atoms with Crippen LogP contribution in [0.4, 0.5) is 11.4 Å². The first-order valence-electron chi connectivity index (χ1n) is 21.5. The molecule has 4 amide bonds. The summed E-state index contributed by atoms with van der Waals surface area (Å²) < 4.78 is 11.8. The van der Waals surface area contributed by atoms with Gasteiger partial charge in [0.15, 0.2) is 0 Å². The minimum atomic E-state index is -0.976. The fourth-order valence-electron chi connectivity index (χ4n) is 8.33. The molecule has 0 spiro atoms. The Bertz CT molecular complexity index is 2430. The van der Waals surface area contributed by atoms with Crippen LogP contribution in [0.2, 0.25) is 0 Å². The molecule has 2 aliphatic heterocycles. The van der Waals surface area contributed by atoms with Crippen molar-refractivity contribution in [3.63, 3.8) is 0 Å². The van der Waals surface area contributed by atoms with Crippen LogP contribution in [0, 0.1) is 12.3 Å². The van der Waals surface area contributed by atoms with E-state index in [0.29, 0.717) is 42.2 Å². The van der Waals surface area contributed by atoms with E-state index in [1.54, 1.807) is 55.0 Å². The molecule has 0 radical (unpaired) electrons. The van der Waals surface area contributed by atoms with Gasteiger partial charge in [-0.3, -0.25) is 24.3 Å². The van der Waals surface area contributed by atoms with Crippen molar-refractivity contribution >= 4 is 46.3 Å². The zero-order valence-electron chi connectivity index (χ0n) is 37.3. The van der Waals surface area contributed by atoms with E-state index >= 15 is 0 Å². The number of pyridine rings is 1. The molecule has 2 fully saturated rings. The average Bonchev–Trinajstić information content (AvgIpc) is 4.07. The van der Waals surface area contributed by atoms with Crippen LogP contribution >= 0.6 is 11.3 Å². The molecule has 0 bridgehead atoms. The van der Waals surface area contributed by atoms with Crippen molar-refractivity contribution in [1.29, 1.82) is 0 Å². The Kier molecular flexibility index (Phi) is 14.1. The highest BCUT2D eigenvalue weighted by Gasteiger charge is 2.45. The molecule has 0 aliphatic carbocycles. The number of hydrogen-bond acceptors (Lipinski definition) is 12. The zero-order chi connectivity index (χ0) is 45.7. The van der Waals surface area contributed by atoms with Gasteiger partial charge in [-0.1, -0.05) is 51.1 Å². The Balaban J connectivity index is 0.913. The molecule has 338 valence electrons. The Morgan fingerprint density at radius 3 is 2.48 bits per heavy atom. The van der Waals surface area contributed by atoms with Crippen molar-refractivity contribution < 1.29 is 33.8 Å². The summed E-state index contributed by atoms with van der Waals surface area (Å²) in [4.78, 5) is 68.1. The first-order chi connectivity index (χ1) is 30.6. The maximum absolute atomic E-state index is 14.2. The number of aliphatic hydroxyl groups is 1. The number of piperidine rings is 1. The number of nitrogens with one attached hydrogen (secondary N) is 4. The number of benzene rings is 2. The predicted octanol–water partition coefficient (Wildman–Crippen LogP) is 5.91. The number of carbonyl (C=O) groups excluding carboxylic acids is 4. The van der Waals surface area contributed by atoms with E-state index in [1.165, 1.54) is 4.90 Å². The van der Waals surface area contributed by atoms with E-state index in [9.17, 15) is 24.3 Å². The fourth-order valence-corrected chi connectivity index (χ4v) is 9.15. The molecule has 0 unspecified atom stereocenters. The fraction of sp³-hybridized carbons (Fsp3) is 0.426. The Morgan fingerprint density at radius 1 is 1.03 bits per heavy atom. The molecule has 5 aromatic rings. The lowest BCUT2D eigenvalue weighted by Crippen LogP contribution is -2.58. The number of aryl methyl sites for hydroxylation is 1. The zero-order valence-corrected chi connectivity index (χ0v) is 38.1. The van der Waals surface area contributed by atoms with Gasteiger partial charge < -0.3 is 40.3 Å². The number of aromatic amines is 1. The van der Waals surface area contributed by atoms with Gasteiger partial charge in [-0.05, 0) is 80.5 Å². The van der Waals surface area contributed by atoms with Gasteiger partial charge in [0.05, 0.1) is 58.5 Å². The number of hydrogen-bond donors (Lipinski definition) is 5. The van der Waals surface area contributed by atoms with Gasteiger partial charge in [0.2, 0.25) is 17.7 Å². The van der Waals surface area contributed by atoms with E-state index in [-0.39, 0.29) is 55.3 Å². The number of aromatic nitrogens is 4. The van der Waals surface area contributed by atoms with Crippen molar-refractivity contribution in [3.8, 4) is 27.6 Å². The lowest BCUT2D eigenvalue weighted by Gasteiger charge is -2.39. The normalized spacial score (nSPS) is 19.8. The highest BCUT2D eigenvalue weighted by Crippen LogP contribution is 2.34. The van der Waals surface area contributed by atoms with Gasteiger partial charge in [-0.25, -0.2) is 9.97 Å². The molecule has 5 heterocycles. The van der Waals surface area contributed by atoms with Crippen LogP contribution in [0.3, 0.4) is 0 Å². The van der Waals surface area contributed by atoms with E-state index < -0.39 is 35.4 Å². The van der Waals surface area contributed by atoms with E-state index in [1.807, 2.05) is 76.5 Å². The Hall–Kier alpha value is -6.17. The van der Waals surface area contributed by atoms with Crippen LogP contribution in [-0.2, 0) is 19.1 Å². The molecule has 2 aromatic carbocycles. The smallest absolute Gasteiger partial charge is 0.274 e. The van der Waals surface area contributed by atoms with Crippen LogP contribution in [0.5, 0.6) is 5.75 Å². The number of aliphatic hydroxyl groups excluding tert-OH is 1. The maximum atomic E-state index is 14.2. The second-order valence-electron chi connectivity index (χ2n) is 17.6. The van der Waals surface area contributed by atoms with Gasteiger partial charge in [0.25, 0.3) is 5.91 Å². The molecular weight excluding hydrogens is 835 g/mol. The van der Waals surface area contributed by atoms with Crippen molar-refractivity contribution in [1.82, 2.24) is 35.7 Å². The molecule has 64 heavy (non-hydrogen) atoms. The number of anilines is 2. The number of H-pyrrole nitrogens is 1. The predicted molar refractivity (Wildman–Crippen MR) is 245 cm³/mol. The monoisotopic (exact) mass is 891 g/mol. The second kappa shape index (κ2) is 19.7. The molecule has 0 saturated carbocycles. The van der Waals surface area contributed by atoms with Gasteiger partial charge >= 0.3 is 0 Å². The molecule has 5 N–H and O–H groups in total. The van der Waals surface area contributed by atoms with Crippen LogP contribution in [0.15, 0.2) is 78.4 Å². The molecule has 2 saturated heterocycles. The van der Waals surface area contributed by atoms with Crippen LogP contribution < -0.4 is 25.6 Å². The standard InChI is InChI=1S/C47H57N9O7S/c1-27-21-34(18-20-55(27)32-15-16-37(40(22-32)62-7)52-44(59)38-10-8-9-35(51-38)36-17-19-49-54-36)63-25-41(58)53-43(47(4,5)6)46(61)56-24-33(57)23-39(56)45(60)50-28(2)30-11-13-31(14-12-30)42-29(3)48-26-64-42/h8-17,19,22,26-28,33-34,39,43,57H,18,20-21,23-25H2,1-7H3,(H,49,54)(H,50,60)(H,52,59)(H,53,58)/t27-,28+,33-,34+,39+,43-/m1/s1. The summed E-state index contributed by atoms with van der Waals surface area (Å²) in [6, 6.07) is 18.4. The number of methoxy groups -OCH3 is 1. The summed E-state index contributed by atoms with van der Waals surface area (Å²) in [5.41, 5.74) is 6.97. The summed E-state index contributed by atoms with van der Waals surface area (Å²) in [7, 11) is 1.55. The molecular formula is C47H57N9O7S.